The van der Waals surface area contributed by atoms with Crippen molar-refractivity contribution in [2.75, 3.05) is 32.2 Å². The number of anilines is 1. The van der Waals surface area contributed by atoms with Crippen LogP contribution >= 0.6 is 0 Å². The number of amides is 1. The Kier molecular flexibility index (Phi) is 7.11. The molecule has 1 aromatic carbocycles. The van der Waals surface area contributed by atoms with Gasteiger partial charge in [0.05, 0.1) is 45.8 Å². The Bertz CT molecular complexity index is 902. The first-order valence-electron chi connectivity index (χ1n) is 9.96. The van der Waals surface area contributed by atoms with Crippen LogP contribution in [-0.4, -0.2) is 39.2 Å². The van der Waals surface area contributed by atoms with E-state index in [1.165, 1.54) is 13.3 Å². The molecule has 1 atom stereocenters. The van der Waals surface area contributed by atoms with Gasteiger partial charge in [0.15, 0.2) is 0 Å². The molecular weight excluding hydrogens is 386 g/mol. The van der Waals surface area contributed by atoms with Crippen LogP contribution in [0.1, 0.15) is 24.0 Å². The Morgan fingerprint density at radius 3 is 2.90 bits per heavy atom. The van der Waals surface area contributed by atoms with Gasteiger partial charge in [-0.2, -0.15) is 0 Å². The number of esters is 1. The molecule has 1 N–H and O–H groups in total. The molecule has 0 fully saturated rings. The molecule has 0 saturated carbocycles. The largest absolute Gasteiger partial charge is 0.711 e. The summed E-state index contributed by atoms with van der Waals surface area (Å²) in [5, 5.41) is 14.7. The topological polar surface area (TPSA) is 94.8 Å². The minimum atomic E-state index is -0.428. The number of benzene rings is 1. The lowest BCUT2D eigenvalue weighted by atomic mass is 9.94. The summed E-state index contributed by atoms with van der Waals surface area (Å²) in [5.74, 6) is 0.373. The number of hydrogen-bond donors (Lipinski definition) is 1. The van der Waals surface area contributed by atoms with E-state index in [9.17, 15) is 14.8 Å². The lowest BCUT2D eigenvalue weighted by molar-refractivity contribution is -0.592. The van der Waals surface area contributed by atoms with Crippen molar-refractivity contribution in [3.05, 3.63) is 58.9 Å². The standard InChI is InChI=1S/C22H27N3O5/c1-24(20-6-3-4-10-25(20)28)9-5-11-30-19-8-7-16-12-17(14-21(26)29-2)22(27)23-15-18(16)13-19/h3-4,6-8,10,13,17H,5,9,11-12,14-15H2,1-2H3,(H,23,27). The second-order valence-electron chi connectivity index (χ2n) is 7.34. The molecule has 0 spiro atoms. The summed E-state index contributed by atoms with van der Waals surface area (Å²) < 4.78 is 11.4. The molecule has 2 aromatic rings. The van der Waals surface area contributed by atoms with Crippen molar-refractivity contribution in [2.24, 2.45) is 5.92 Å². The van der Waals surface area contributed by atoms with Crippen LogP contribution < -0.4 is 19.7 Å². The number of pyridine rings is 1. The van der Waals surface area contributed by atoms with Gasteiger partial charge in [-0.25, -0.2) is 4.73 Å². The Labute approximate surface area is 176 Å². The first-order chi connectivity index (χ1) is 14.5. The number of hydrogen-bond acceptors (Lipinski definition) is 6. The van der Waals surface area contributed by atoms with Crippen LogP contribution in [0.2, 0.25) is 0 Å². The van der Waals surface area contributed by atoms with Gasteiger partial charge in [-0.3, -0.25) is 14.5 Å². The van der Waals surface area contributed by atoms with E-state index in [0.717, 1.165) is 28.0 Å². The van der Waals surface area contributed by atoms with Crippen LogP contribution in [0.4, 0.5) is 5.82 Å². The normalized spacial score (nSPS) is 15.5. The number of carbonyl (C=O) groups is 2. The Morgan fingerprint density at radius 1 is 1.30 bits per heavy atom. The number of nitrogens with one attached hydrogen (secondary N) is 1. The maximum atomic E-state index is 12.3. The molecule has 0 saturated heterocycles. The zero-order chi connectivity index (χ0) is 21.5. The maximum Gasteiger partial charge on any atom is 0.306 e. The summed E-state index contributed by atoms with van der Waals surface area (Å²) in [4.78, 5) is 25.7. The minimum absolute atomic E-state index is 0.0678. The molecule has 2 heterocycles. The monoisotopic (exact) mass is 413 g/mol. The van der Waals surface area contributed by atoms with E-state index in [2.05, 4.69) is 5.32 Å². The van der Waals surface area contributed by atoms with Gasteiger partial charge in [0.25, 0.3) is 5.82 Å². The molecule has 3 rings (SSSR count). The predicted molar refractivity (Wildman–Crippen MR) is 111 cm³/mol. The third-order valence-electron chi connectivity index (χ3n) is 5.21. The molecule has 0 bridgehead atoms. The zero-order valence-corrected chi connectivity index (χ0v) is 17.3. The van der Waals surface area contributed by atoms with Gasteiger partial charge >= 0.3 is 5.97 Å². The highest BCUT2D eigenvalue weighted by molar-refractivity contribution is 5.84. The van der Waals surface area contributed by atoms with E-state index < -0.39 is 5.92 Å². The molecular formula is C22H27N3O5. The van der Waals surface area contributed by atoms with Crippen LogP contribution in [-0.2, 0) is 27.3 Å². The number of rotatable bonds is 8. The fourth-order valence-electron chi connectivity index (χ4n) is 3.51. The van der Waals surface area contributed by atoms with Gasteiger partial charge in [0.2, 0.25) is 5.91 Å². The summed E-state index contributed by atoms with van der Waals surface area (Å²) >= 11 is 0. The molecule has 1 aliphatic heterocycles. The van der Waals surface area contributed by atoms with Crippen LogP contribution in [0.3, 0.4) is 0 Å². The van der Waals surface area contributed by atoms with E-state index in [1.807, 2.05) is 36.2 Å². The van der Waals surface area contributed by atoms with Gasteiger partial charge < -0.3 is 20.0 Å². The molecule has 160 valence electrons. The van der Waals surface area contributed by atoms with Crippen molar-refractivity contribution < 1.29 is 23.8 Å². The van der Waals surface area contributed by atoms with Crippen molar-refractivity contribution in [1.29, 1.82) is 0 Å². The van der Waals surface area contributed by atoms with E-state index in [-0.39, 0.29) is 18.3 Å². The molecule has 8 nitrogen and oxygen atoms in total. The predicted octanol–water partition coefficient (Wildman–Crippen LogP) is 1.58. The van der Waals surface area contributed by atoms with Crippen LogP contribution in [0.5, 0.6) is 5.75 Å². The molecule has 30 heavy (non-hydrogen) atoms. The van der Waals surface area contributed by atoms with Crippen LogP contribution in [0.15, 0.2) is 42.6 Å². The summed E-state index contributed by atoms with van der Waals surface area (Å²) in [5.41, 5.74) is 2.01. The minimum Gasteiger partial charge on any atom is -0.711 e. The molecule has 1 aromatic heterocycles. The zero-order valence-electron chi connectivity index (χ0n) is 17.3. The van der Waals surface area contributed by atoms with E-state index >= 15 is 0 Å². The van der Waals surface area contributed by atoms with Crippen LogP contribution in [0, 0.1) is 11.1 Å². The smallest absolute Gasteiger partial charge is 0.306 e. The summed E-state index contributed by atoms with van der Waals surface area (Å²) in [6, 6.07) is 11.1. The van der Waals surface area contributed by atoms with E-state index in [1.54, 1.807) is 12.1 Å². The van der Waals surface area contributed by atoms with E-state index in [0.29, 0.717) is 31.9 Å². The lowest BCUT2D eigenvalue weighted by Gasteiger charge is -2.16. The molecule has 1 aliphatic rings. The lowest BCUT2D eigenvalue weighted by Crippen LogP contribution is -2.36. The quantitative estimate of drug-likeness (QED) is 0.306. The maximum absolute atomic E-state index is 12.3. The summed E-state index contributed by atoms with van der Waals surface area (Å²) in [6.07, 6.45) is 2.79. The highest BCUT2D eigenvalue weighted by Crippen LogP contribution is 2.25. The van der Waals surface area contributed by atoms with Gasteiger partial charge in [-0.15, -0.1) is 0 Å². The molecule has 0 aliphatic carbocycles. The Hall–Kier alpha value is -3.29. The van der Waals surface area contributed by atoms with Crippen molar-refractivity contribution in [3.63, 3.8) is 0 Å². The van der Waals surface area contributed by atoms with Crippen LogP contribution in [0.25, 0.3) is 0 Å². The summed E-state index contributed by atoms with van der Waals surface area (Å²) in [7, 11) is 3.20. The number of methoxy groups -OCH3 is 1. The molecule has 0 radical (unpaired) electrons. The van der Waals surface area contributed by atoms with Gasteiger partial charge in [-0.05, 0) is 35.7 Å². The van der Waals surface area contributed by atoms with Crippen molar-refractivity contribution in [1.82, 2.24) is 5.32 Å². The second kappa shape index (κ2) is 9.96. The SMILES string of the molecule is COC(=O)CC1Cc2ccc(OCCCN(C)c3cccc[n+]3[O-])cc2CNC1=O. The average molecular weight is 413 g/mol. The number of nitrogens with zero attached hydrogens (tertiary/aromatic N) is 2. The average Bonchev–Trinajstić information content (AvgIpc) is 2.90. The van der Waals surface area contributed by atoms with Gasteiger partial charge in [-0.1, -0.05) is 12.1 Å². The number of aromatic nitrogens is 1. The first-order valence-corrected chi connectivity index (χ1v) is 9.96. The number of ether oxygens (including phenoxy) is 2. The fraction of sp³-hybridized carbons (Fsp3) is 0.409. The Morgan fingerprint density at radius 2 is 2.13 bits per heavy atom. The molecule has 1 unspecified atom stereocenters. The third kappa shape index (κ3) is 5.40. The molecule has 1 amide bonds. The fourth-order valence-corrected chi connectivity index (χ4v) is 3.51. The van der Waals surface area contributed by atoms with Crippen molar-refractivity contribution >= 4 is 17.7 Å². The molecule has 8 heteroatoms. The van der Waals surface area contributed by atoms with Crippen molar-refractivity contribution in [3.8, 4) is 5.75 Å². The highest BCUT2D eigenvalue weighted by atomic mass is 16.5. The second-order valence-corrected chi connectivity index (χ2v) is 7.34. The number of fused-ring (bicyclic) bond motifs is 1. The van der Waals surface area contributed by atoms with Crippen molar-refractivity contribution in [2.45, 2.75) is 25.8 Å². The first kappa shape index (κ1) is 21.4. The Balaban J connectivity index is 1.53. The van der Waals surface area contributed by atoms with Gasteiger partial charge in [0.1, 0.15) is 5.75 Å². The summed E-state index contributed by atoms with van der Waals surface area (Å²) in [6.45, 7) is 1.60. The van der Waals surface area contributed by atoms with E-state index in [4.69, 9.17) is 9.47 Å². The van der Waals surface area contributed by atoms with Gasteiger partial charge in [0, 0.05) is 19.0 Å². The number of carbonyl (C=O) groups excluding carboxylic acids is 2. The third-order valence-corrected chi connectivity index (χ3v) is 5.21. The highest BCUT2D eigenvalue weighted by Gasteiger charge is 2.26.